The van der Waals surface area contributed by atoms with Gasteiger partial charge in [-0.25, -0.2) is 0 Å². The van der Waals surface area contributed by atoms with Crippen molar-refractivity contribution in [1.29, 1.82) is 0 Å². The number of hydrogen-bond donors (Lipinski definition) is 1. The molecule has 6 heteroatoms. The predicted molar refractivity (Wildman–Crippen MR) is 106 cm³/mol. The Bertz CT molecular complexity index is 588. The van der Waals surface area contributed by atoms with Gasteiger partial charge in [-0.1, -0.05) is 46.3 Å². The number of aryl methyl sites for hydroxylation is 1. The second-order valence-corrected chi connectivity index (χ2v) is 5.95. The summed E-state index contributed by atoms with van der Waals surface area (Å²) < 4.78 is 1.92. The average Bonchev–Trinajstić information content (AvgIpc) is 2.63. The summed E-state index contributed by atoms with van der Waals surface area (Å²) in [5.74, 6) is 0.119. The van der Waals surface area contributed by atoms with Gasteiger partial charge < -0.3 is 5.73 Å². The van der Waals surface area contributed by atoms with Gasteiger partial charge in [0.15, 0.2) is 5.78 Å². The fraction of sp³-hybridized carbons (Fsp3) is 0.235. The van der Waals surface area contributed by atoms with Gasteiger partial charge >= 0.3 is 0 Å². The van der Waals surface area contributed by atoms with Crippen molar-refractivity contribution in [2.24, 2.45) is 5.73 Å². The minimum atomic E-state index is -0.139. The lowest BCUT2D eigenvalue weighted by Gasteiger charge is -2.08. The van der Waals surface area contributed by atoms with Crippen molar-refractivity contribution in [2.75, 3.05) is 7.05 Å². The van der Waals surface area contributed by atoms with Crippen LogP contribution < -0.4 is 5.73 Å². The fourth-order valence-electron chi connectivity index (χ4n) is 1.77. The first-order valence-electron chi connectivity index (χ1n) is 6.88. The number of carbonyl (C=O) groups is 1. The van der Waals surface area contributed by atoms with Gasteiger partial charge in [-0.2, -0.15) is 0 Å². The Morgan fingerprint density at radius 2 is 1.70 bits per heavy atom. The third-order valence-corrected chi connectivity index (χ3v) is 3.65. The van der Waals surface area contributed by atoms with Crippen LogP contribution in [-0.4, -0.2) is 27.0 Å². The normalized spacial score (nSPS) is 10.0. The highest BCUT2D eigenvalue weighted by Crippen LogP contribution is 2.16. The number of halogens is 1. The van der Waals surface area contributed by atoms with Gasteiger partial charge in [-0.15, -0.1) is 0 Å². The SMILES string of the molecule is CN.O=C(c1ccncc1)C(Br)CCc1ccccc1.S=C=S. The van der Waals surface area contributed by atoms with Crippen LogP contribution in [0.15, 0.2) is 54.9 Å². The number of alkyl halides is 1. The number of nitrogens with zero attached hydrogens (tertiary/aromatic N) is 1. The maximum atomic E-state index is 12.1. The lowest BCUT2D eigenvalue weighted by molar-refractivity contribution is 0.0988. The molecule has 2 aromatic rings. The Morgan fingerprint density at radius 3 is 2.22 bits per heavy atom. The Kier molecular flexibility index (Phi) is 13.5. The summed E-state index contributed by atoms with van der Waals surface area (Å²) in [5, 5.41) is 0. The average molecular weight is 411 g/mol. The van der Waals surface area contributed by atoms with Gasteiger partial charge in [-0.05, 0) is 62.0 Å². The first-order chi connectivity index (χ1) is 11.2. The van der Waals surface area contributed by atoms with Crippen LogP contribution in [0, 0.1) is 0 Å². The summed E-state index contributed by atoms with van der Waals surface area (Å²) in [5.41, 5.74) is 6.46. The van der Waals surface area contributed by atoms with Crippen molar-refractivity contribution in [2.45, 2.75) is 17.7 Å². The van der Waals surface area contributed by atoms with E-state index in [-0.39, 0.29) is 10.6 Å². The maximum Gasteiger partial charge on any atom is 0.176 e. The van der Waals surface area contributed by atoms with E-state index in [1.54, 1.807) is 24.5 Å². The standard InChI is InChI=1S/C15H14BrNO.CH5N.CS2/c16-14(7-6-12-4-2-1-3-5-12)15(18)13-8-10-17-11-9-13;1-2;2-1-3/h1-5,8-11,14H,6-7H2;2H2,1H3;. The molecule has 0 saturated carbocycles. The molecule has 0 aliphatic rings. The maximum absolute atomic E-state index is 12.1. The number of thiocarbonyl (C=S) groups is 2. The van der Waals surface area contributed by atoms with Crippen molar-refractivity contribution in [1.82, 2.24) is 4.98 Å². The second kappa shape index (κ2) is 14.3. The van der Waals surface area contributed by atoms with E-state index in [2.05, 4.69) is 63.2 Å². The van der Waals surface area contributed by atoms with E-state index in [1.165, 1.54) is 12.6 Å². The topological polar surface area (TPSA) is 56.0 Å². The number of ketones is 1. The molecule has 0 aliphatic heterocycles. The molecule has 1 heterocycles. The summed E-state index contributed by atoms with van der Waals surface area (Å²) in [6.45, 7) is 0. The molecule has 1 atom stereocenters. The van der Waals surface area contributed by atoms with E-state index in [0.717, 1.165) is 12.8 Å². The molecule has 0 spiro atoms. The van der Waals surface area contributed by atoms with E-state index < -0.39 is 0 Å². The lowest BCUT2D eigenvalue weighted by Crippen LogP contribution is -2.15. The highest BCUT2D eigenvalue weighted by molar-refractivity contribution is 9.10. The molecule has 2 rings (SSSR count). The molecule has 2 N–H and O–H groups in total. The number of nitrogens with two attached hydrogens (primary N) is 1. The number of aromatic nitrogens is 1. The van der Waals surface area contributed by atoms with Gasteiger partial charge in [0.25, 0.3) is 0 Å². The summed E-state index contributed by atoms with van der Waals surface area (Å²) in [7, 11) is 1.50. The molecule has 23 heavy (non-hydrogen) atoms. The molecule has 0 fully saturated rings. The van der Waals surface area contributed by atoms with Crippen molar-refractivity contribution in [3.05, 3.63) is 66.0 Å². The predicted octanol–water partition coefficient (Wildman–Crippen LogP) is 4.25. The second-order valence-electron chi connectivity index (χ2n) is 4.18. The molecule has 1 aromatic carbocycles. The third-order valence-electron chi connectivity index (χ3n) is 2.78. The monoisotopic (exact) mass is 410 g/mol. The van der Waals surface area contributed by atoms with Crippen LogP contribution in [0.5, 0.6) is 0 Å². The number of rotatable bonds is 5. The molecule has 0 amide bonds. The highest BCUT2D eigenvalue weighted by Gasteiger charge is 2.16. The smallest absolute Gasteiger partial charge is 0.176 e. The number of carbonyl (C=O) groups excluding carboxylic acids is 1. The van der Waals surface area contributed by atoms with E-state index in [0.29, 0.717) is 5.56 Å². The van der Waals surface area contributed by atoms with Gasteiger partial charge in [0, 0.05) is 22.3 Å². The number of benzene rings is 1. The van der Waals surface area contributed by atoms with Gasteiger partial charge in [-0.3, -0.25) is 9.78 Å². The number of hydrogen-bond acceptors (Lipinski definition) is 5. The van der Waals surface area contributed by atoms with E-state index >= 15 is 0 Å². The Labute approximate surface area is 156 Å². The molecule has 1 aromatic heterocycles. The molecule has 1 unspecified atom stereocenters. The van der Waals surface area contributed by atoms with Crippen molar-refractivity contribution < 1.29 is 4.79 Å². The molecular weight excluding hydrogens is 392 g/mol. The minimum Gasteiger partial charge on any atom is -0.333 e. The molecule has 0 saturated heterocycles. The molecule has 3 nitrogen and oxygen atoms in total. The van der Waals surface area contributed by atoms with Crippen LogP contribution in [0.25, 0.3) is 0 Å². The number of pyridine rings is 1. The largest absolute Gasteiger partial charge is 0.333 e. The highest BCUT2D eigenvalue weighted by atomic mass is 79.9. The summed E-state index contributed by atoms with van der Waals surface area (Å²) >= 11 is 11.4. The van der Waals surface area contributed by atoms with E-state index in [9.17, 15) is 4.79 Å². The summed E-state index contributed by atoms with van der Waals surface area (Å²) in [6.07, 6.45) is 4.98. The number of Topliss-reactive ketones (excluding diaryl/α,β-unsaturated/α-hetero) is 1. The molecule has 0 bridgehead atoms. The van der Waals surface area contributed by atoms with E-state index in [1.807, 2.05) is 22.5 Å². The van der Waals surface area contributed by atoms with Gasteiger partial charge in [0.1, 0.15) is 0 Å². The summed E-state index contributed by atoms with van der Waals surface area (Å²) in [6, 6.07) is 13.7. The third kappa shape index (κ3) is 9.43. The van der Waals surface area contributed by atoms with E-state index in [4.69, 9.17) is 0 Å². The lowest BCUT2D eigenvalue weighted by atomic mass is 10.0. The zero-order valence-corrected chi connectivity index (χ0v) is 16.0. The molecule has 0 radical (unpaired) electrons. The van der Waals surface area contributed by atoms with Gasteiger partial charge in [0.2, 0.25) is 0 Å². The van der Waals surface area contributed by atoms with Crippen LogP contribution in [-0.2, 0) is 6.42 Å². The van der Waals surface area contributed by atoms with Crippen molar-refractivity contribution in [3.8, 4) is 0 Å². The van der Waals surface area contributed by atoms with Crippen LogP contribution in [0.2, 0.25) is 0 Å². The Morgan fingerprint density at radius 1 is 1.17 bits per heavy atom. The van der Waals surface area contributed by atoms with Crippen molar-refractivity contribution >= 4 is 50.5 Å². The first-order valence-corrected chi connectivity index (χ1v) is 8.61. The van der Waals surface area contributed by atoms with Gasteiger partial charge in [0.05, 0.1) is 4.83 Å². The zero-order valence-electron chi connectivity index (χ0n) is 12.8. The Hall–Kier alpha value is -1.30. The van der Waals surface area contributed by atoms with Crippen LogP contribution in [0.4, 0.5) is 0 Å². The minimum absolute atomic E-state index is 0.119. The van der Waals surface area contributed by atoms with Crippen LogP contribution >= 0.6 is 40.4 Å². The van der Waals surface area contributed by atoms with Crippen LogP contribution in [0.3, 0.4) is 0 Å². The quantitative estimate of drug-likeness (QED) is 0.453. The molecule has 122 valence electrons. The summed E-state index contributed by atoms with van der Waals surface area (Å²) in [4.78, 5) is 15.9. The fourth-order valence-corrected chi connectivity index (χ4v) is 2.26. The first kappa shape index (κ1) is 21.7. The Balaban J connectivity index is 0.000000868. The van der Waals surface area contributed by atoms with Crippen molar-refractivity contribution in [3.63, 3.8) is 0 Å². The molecule has 0 aliphatic carbocycles. The molecular formula is C17H19BrN2OS2. The van der Waals surface area contributed by atoms with Crippen LogP contribution in [0.1, 0.15) is 22.3 Å². The zero-order chi connectivity index (χ0) is 17.5.